The SMILES string of the molecule is CCOc1ccc(C(=O)N=c2sc3cccc(OCC)c3n2C)cc1. The molecule has 0 aliphatic carbocycles. The van der Waals surface area contributed by atoms with Gasteiger partial charge in [-0.1, -0.05) is 17.4 Å². The molecule has 0 N–H and O–H groups in total. The van der Waals surface area contributed by atoms with E-state index in [1.807, 2.05) is 43.7 Å². The van der Waals surface area contributed by atoms with Crippen LogP contribution < -0.4 is 14.3 Å². The first-order valence-corrected chi connectivity index (χ1v) is 8.99. The predicted octanol–water partition coefficient (Wildman–Crippen LogP) is 3.78. The number of aromatic nitrogens is 1. The average molecular weight is 356 g/mol. The fourth-order valence-electron chi connectivity index (χ4n) is 2.56. The molecular weight excluding hydrogens is 336 g/mol. The van der Waals surface area contributed by atoms with Crippen molar-refractivity contribution in [1.29, 1.82) is 0 Å². The number of rotatable bonds is 5. The minimum atomic E-state index is -0.275. The third kappa shape index (κ3) is 3.58. The molecule has 0 fully saturated rings. The summed E-state index contributed by atoms with van der Waals surface area (Å²) < 4.78 is 14.0. The molecule has 0 saturated carbocycles. The van der Waals surface area contributed by atoms with Crippen molar-refractivity contribution in [2.24, 2.45) is 12.0 Å². The normalized spacial score (nSPS) is 11.7. The average Bonchev–Trinajstić information content (AvgIpc) is 2.93. The zero-order valence-electron chi connectivity index (χ0n) is 14.5. The van der Waals surface area contributed by atoms with Crippen LogP contribution in [0.2, 0.25) is 0 Å². The molecule has 0 radical (unpaired) electrons. The van der Waals surface area contributed by atoms with Gasteiger partial charge in [0.15, 0.2) is 4.80 Å². The van der Waals surface area contributed by atoms with Gasteiger partial charge in [-0.2, -0.15) is 4.99 Å². The van der Waals surface area contributed by atoms with Crippen molar-refractivity contribution in [2.75, 3.05) is 13.2 Å². The number of hydrogen-bond donors (Lipinski definition) is 0. The summed E-state index contributed by atoms with van der Waals surface area (Å²) in [6, 6.07) is 12.9. The van der Waals surface area contributed by atoms with E-state index >= 15 is 0 Å². The molecule has 1 aromatic heterocycles. The van der Waals surface area contributed by atoms with Crippen LogP contribution in [0.15, 0.2) is 47.5 Å². The summed E-state index contributed by atoms with van der Waals surface area (Å²) in [5, 5.41) is 0. The first-order valence-electron chi connectivity index (χ1n) is 8.17. The Morgan fingerprint density at radius 3 is 2.48 bits per heavy atom. The number of aryl methyl sites for hydroxylation is 1. The Balaban J connectivity index is 1.99. The van der Waals surface area contributed by atoms with Crippen LogP contribution in [0.3, 0.4) is 0 Å². The van der Waals surface area contributed by atoms with Gasteiger partial charge in [0, 0.05) is 12.6 Å². The van der Waals surface area contributed by atoms with Gasteiger partial charge in [0.25, 0.3) is 5.91 Å². The number of carbonyl (C=O) groups is 1. The summed E-state index contributed by atoms with van der Waals surface area (Å²) in [6.07, 6.45) is 0. The quantitative estimate of drug-likeness (QED) is 0.699. The molecule has 2 aromatic carbocycles. The van der Waals surface area contributed by atoms with Gasteiger partial charge < -0.3 is 14.0 Å². The summed E-state index contributed by atoms with van der Waals surface area (Å²) in [6.45, 7) is 5.06. The Morgan fingerprint density at radius 2 is 1.80 bits per heavy atom. The maximum atomic E-state index is 12.5. The molecule has 0 unspecified atom stereocenters. The van der Waals surface area contributed by atoms with Crippen molar-refractivity contribution in [2.45, 2.75) is 13.8 Å². The molecule has 0 spiro atoms. The van der Waals surface area contributed by atoms with E-state index in [0.717, 1.165) is 21.7 Å². The Labute approximate surface area is 150 Å². The van der Waals surface area contributed by atoms with E-state index < -0.39 is 0 Å². The maximum Gasteiger partial charge on any atom is 0.279 e. The Bertz CT molecular complexity index is 955. The maximum absolute atomic E-state index is 12.5. The molecule has 1 amide bonds. The number of nitrogens with zero attached hydrogens (tertiary/aromatic N) is 2. The molecule has 130 valence electrons. The van der Waals surface area contributed by atoms with Crippen LogP contribution in [-0.2, 0) is 7.05 Å². The van der Waals surface area contributed by atoms with Gasteiger partial charge in [0.1, 0.15) is 17.0 Å². The lowest BCUT2D eigenvalue weighted by Gasteiger charge is -2.05. The van der Waals surface area contributed by atoms with Crippen molar-refractivity contribution in [3.8, 4) is 11.5 Å². The molecule has 3 aromatic rings. The minimum Gasteiger partial charge on any atom is -0.494 e. The van der Waals surface area contributed by atoms with Crippen LogP contribution in [0.4, 0.5) is 0 Å². The summed E-state index contributed by atoms with van der Waals surface area (Å²) in [5.41, 5.74) is 1.48. The number of amides is 1. The molecule has 6 heteroatoms. The van der Waals surface area contributed by atoms with E-state index in [1.165, 1.54) is 11.3 Å². The van der Waals surface area contributed by atoms with Crippen molar-refractivity contribution < 1.29 is 14.3 Å². The number of thiazole rings is 1. The van der Waals surface area contributed by atoms with Crippen molar-refractivity contribution in [3.05, 3.63) is 52.8 Å². The van der Waals surface area contributed by atoms with Crippen LogP contribution in [0.5, 0.6) is 11.5 Å². The smallest absolute Gasteiger partial charge is 0.279 e. The van der Waals surface area contributed by atoms with Crippen LogP contribution in [-0.4, -0.2) is 23.7 Å². The highest BCUT2D eigenvalue weighted by atomic mass is 32.1. The van der Waals surface area contributed by atoms with Gasteiger partial charge in [-0.3, -0.25) is 4.79 Å². The summed E-state index contributed by atoms with van der Waals surface area (Å²) in [4.78, 5) is 17.4. The number of hydrogen-bond acceptors (Lipinski definition) is 4. The summed E-state index contributed by atoms with van der Waals surface area (Å²) in [5.74, 6) is 1.27. The van der Waals surface area contributed by atoms with E-state index in [0.29, 0.717) is 23.6 Å². The largest absolute Gasteiger partial charge is 0.494 e. The lowest BCUT2D eigenvalue weighted by molar-refractivity contribution is 0.0998. The van der Waals surface area contributed by atoms with Gasteiger partial charge in [-0.15, -0.1) is 0 Å². The van der Waals surface area contributed by atoms with Gasteiger partial charge >= 0.3 is 0 Å². The second kappa shape index (κ2) is 7.53. The van der Waals surface area contributed by atoms with E-state index in [2.05, 4.69) is 4.99 Å². The fourth-order valence-corrected chi connectivity index (χ4v) is 3.59. The molecule has 1 heterocycles. The lowest BCUT2D eigenvalue weighted by Crippen LogP contribution is -2.13. The van der Waals surface area contributed by atoms with Crippen molar-refractivity contribution >= 4 is 27.5 Å². The highest BCUT2D eigenvalue weighted by Crippen LogP contribution is 2.26. The Kier molecular flexibility index (Phi) is 5.19. The monoisotopic (exact) mass is 356 g/mol. The fraction of sp³-hybridized carbons (Fsp3) is 0.263. The topological polar surface area (TPSA) is 52.8 Å². The van der Waals surface area contributed by atoms with Gasteiger partial charge in [0.2, 0.25) is 0 Å². The van der Waals surface area contributed by atoms with Crippen LogP contribution >= 0.6 is 11.3 Å². The lowest BCUT2D eigenvalue weighted by atomic mass is 10.2. The highest BCUT2D eigenvalue weighted by Gasteiger charge is 2.11. The second-order valence-corrected chi connectivity index (χ2v) is 6.36. The number of ether oxygens (including phenoxy) is 2. The Morgan fingerprint density at radius 1 is 1.08 bits per heavy atom. The molecule has 25 heavy (non-hydrogen) atoms. The standard InChI is InChI=1S/C19H20N2O3S/c1-4-23-14-11-9-13(10-12-14)18(22)20-19-21(3)17-15(24-5-2)7-6-8-16(17)25-19/h6-12H,4-5H2,1-3H3. The van der Waals surface area contributed by atoms with E-state index in [1.54, 1.807) is 24.3 Å². The van der Waals surface area contributed by atoms with E-state index in [-0.39, 0.29) is 5.91 Å². The van der Waals surface area contributed by atoms with E-state index in [9.17, 15) is 4.79 Å². The van der Waals surface area contributed by atoms with Crippen molar-refractivity contribution in [1.82, 2.24) is 4.57 Å². The zero-order valence-corrected chi connectivity index (χ0v) is 15.3. The third-order valence-electron chi connectivity index (χ3n) is 3.69. The molecule has 5 nitrogen and oxygen atoms in total. The molecule has 0 aliphatic rings. The van der Waals surface area contributed by atoms with Gasteiger partial charge in [-0.05, 0) is 50.2 Å². The summed E-state index contributed by atoms with van der Waals surface area (Å²) >= 11 is 1.47. The van der Waals surface area contributed by atoms with Crippen LogP contribution in [0.25, 0.3) is 10.2 Å². The van der Waals surface area contributed by atoms with Gasteiger partial charge in [0.05, 0.1) is 17.9 Å². The number of fused-ring (bicyclic) bond motifs is 1. The first kappa shape index (κ1) is 17.2. The zero-order chi connectivity index (χ0) is 17.8. The molecular formula is C19H20N2O3S. The van der Waals surface area contributed by atoms with Crippen LogP contribution in [0.1, 0.15) is 24.2 Å². The first-order chi connectivity index (χ1) is 12.1. The molecule has 0 saturated heterocycles. The Hall–Kier alpha value is -2.60. The highest BCUT2D eigenvalue weighted by molar-refractivity contribution is 7.16. The van der Waals surface area contributed by atoms with Crippen molar-refractivity contribution in [3.63, 3.8) is 0 Å². The number of benzene rings is 2. The van der Waals surface area contributed by atoms with E-state index in [4.69, 9.17) is 9.47 Å². The number of carbonyl (C=O) groups excluding carboxylic acids is 1. The molecule has 0 atom stereocenters. The summed E-state index contributed by atoms with van der Waals surface area (Å²) in [7, 11) is 1.89. The minimum absolute atomic E-state index is 0.275. The molecule has 3 rings (SSSR count). The predicted molar refractivity (Wildman–Crippen MR) is 99.5 cm³/mol. The second-order valence-electron chi connectivity index (χ2n) is 5.35. The third-order valence-corrected chi connectivity index (χ3v) is 4.79. The molecule has 0 bridgehead atoms. The number of para-hydroxylation sites is 1. The van der Waals surface area contributed by atoms with Crippen LogP contribution in [0, 0.1) is 0 Å². The molecule has 0 aliphatic heterocycles. The van der Waals surface area contributed by atoms with Gasteiger partial charge in [-0.25, -0.2) is 0 Å².